The third kappa shape index (κ3) is 41.3. The number of allylic oxidation sites excluding steroid dienone is 23. The maximum Gasteiger partial charge on any atom is 0.220 e. The van der Waals surface area contributed by atoms with E-state index in [2.05, 4.69) is 153 Å². The molecule has 1 saturated heterocycles. The van der Waals surface area contributed by atoms with E-state index < -0.39 is 49.5 Å². The number of carbonyl (C=O) groups excluding carboxylic acids is 1. The van der Waals surface area contributed by atoms with Gasteiger partial charge in [0.05, 0.1) is 25.4 Å². The van der Waals surface area contributed by atoms with Crippen molar-refractivity contribution in [2.24, 2.45) is 0 Å². The Morgan fingerprint density at radius 1 is 0.473 bits per heavy atom. The minimum absolute atomic E-state index is 0.203. The van der Waals surface area contributed by atoms with Crippen LogP contribution in [0, 0.1) is 0 Å². The monoisotopic (exact) mass is 1030 g/mol. The molecule has 0 saturated carbocycles. The van der Waals surface area contributed by atoms with Crippen molar-refractivity contribution >= 4 is 5.91 Å². The highest BCUT2D eigenvalue weighted by Crippen LogP contribution is 2.22. The molecule has 1 aliphatic rings. The molecule has 9 nitrogen and oxygen atoms in total. The third-order valence-corrected chi connectivity index (χ3v) is 12.6. The molecule has 7 unspecified atom stereocenters. The van der Waals surface area contributed by atoms with Crippen molar-refractivity contribution in [3.63, 3.8) is 0 Å². The maximum atomic E-state index is 13.0. The standard InChI is InChI=1S/C65H105NO8/c1-3-5-7-9-11-13-15-17-18-19-20-21-22-23-24-25-26-27-28-29-30-31-32-33-34-35-36-37-38-39-40-41-42-43-45-47-49-51-53-55-61(69)66-58(57-73-65-64(72)63(71)62(70)60(56-67)74-65)59(68)54-52-50-48-46-44-16-14-12-10-8-6-4-2/h5,7,10-13,17-18,20-21,23-24,26-27,29-30,32-33,35-36,44,46,52,54,58-60,62-65,67-68,70-72H,3-4,6,8-9,14-16,19,22,25,28,31,34,37-43,45,47-51,53,55-57H2,1-2H3,(H,66,69)/b7-5-,12-10+,13-11-,18-17-,21-20-,24-23-,27-26-,30-29-,33-32-,36-35-,46-44+,54-52+. The van der Waals surface area contributed by atoms with Gasteiger partial charge in [-0.2, -0.15) is 0 Å². The molecule has 418 valence electrons. The predicted molar refractivity (Wildman–Crippen MR) is 313 cm³/mol. The molecule has 6 N–H and O–H groups in total. The highest BCUT2D eigenvalue weighted by atomic mass is 16.7. The SMILES string of the molecule is CC/C=C\C/C=C\C/C=C\C/C=C\C/C=C\C/C=C\C/C=C\C/C=C\C/C=C\CCCCCCCCCCCCCC(=O)NC(COC1OC(CO)C(O)C(O)C1O)C(O)/C=C/CC/C=C/CC/C=C/CCCC. The second-order valence-electron chi connectivity index (χ2n) is 19.3. The Kier molecular flexibility index (Phi) is 48.3. The lowest BCUT2D eigenvalue weighted by atomic mass is 9.99. The molecule has 74 heavy (non-hydrogen) atoms. The number of aliphatic hydroxyl groups is 5. The molecule has 0 aromatic rings. The fourth-order valence-electron chi connectivity index (χ4n) is 8.05. The molecule has 0 aliphatic carbocycles. The number of nitrogens with one attached hydrogen (secondary N) is 1. The summed E-state index contributed by atoms with van der Waals surface area (Å²) in [7, 11) is 0. The molecule has 7 atom stereocenters. The number of hydrogen-bond donors (Lipinski definition) is 6. The molecule has 9 heteroatoms. The van der Waals surface area contributed by atoms with E-state index in [0.29, 0.717) is 6.42 Å². The molecular weight excluding hydrogens is 923 g/mol. The molecule has 0 aromatic heterocycles. The minimum atomic E-state index is -1.58. The lowest BCUT2D eigenvalue weighted by Gasteiger charge is -2.40. The van der Waals surface area contributed by atoms with Gasteiger partial charge in [0.1, 0.15) is 24.4 Å². The summed E-state index contributed by atoms with van der Waals surface area (Å²) in [4.78, 5) is 13.0. The summed E-state index contributed by atoms with van der Waals surface area (Å²) in [6.07, 6.45) is 75.0. The lowest BCUT2D eigenvalue weighted by molar-refractivity contribution is -0.302. The van der Waals surface area contributed by atoms with E-state index in [1.165, 1.54) is 57.8 Å². The summed E-state index contributed by atoms with van der Waals surface area (Å²) < 4.78 is 11.2. The number of ether oxygens (including phenoxy) is 2. The zero-order valence-electron chi connectivity index (χ0n) is 46.3. The Bertz CT molecular complexity index is 1660. The first-order valence-corrected chi connectivity index (χ1v) is 29.1. The fraction of sp³-hybridized carbons (Fsp3) is 0.615. The van der Waals surface area contributed by atoms with Gasteiger partial charge in [0.25, 0.3) is 0 Å². The Labute approximate surface area is 451 Å². The first-order valence-electron chi connectivity index (χ1n) is 29.1. The zero-order valence-corrected chi connectivity index (χ0v) is 46.3. The van der Waals surface area contributed by atoms with E-state index in [4.69, 9.17) is 9.47 Å². The number of amides is 1. The van der Waals surface area contributed by atoms with E-state index in [9.17, 15) is 30.3 Å². The summed E-state index contributed by atoms with van der Waals surface area (Å²) in [6, 6.07) is -0.838. The first-order chi connectivity index (χ1) is 36.3. The van der Waals surface area contributed by atoms with E-state index in [1.807, 2.05) is 6.08 Å². The van der Waals surface area contributed by atoms with Crippen LogP contribution in [0.15, 0.2) is 146 Å². The van der Waals surface area contributed by atoms with Crippen LogP contribution < -0.4 is 5.32 Å². The van der Waals surface area contributed by atoms with Crippen molar-refractivity contribution in [2.45, 2.75) is 243 Å². The van der Waals surface area contributed by atoms with Crippen molar-refractivity contribution in [3.05, 3.63) is 146 Å². The number of aliphatic hydroxyl groups excluding tert-OH is 5. The lowest BCUT2D eigenvalue weighted by Crippen LogP contribution is -2.60. The van der Waals surface area contributed by atoms with Crippen LogP contribution in [-0.4, -0.2) is 87.5 Å². The van der Waals surface area contributed by atoms with Gasteiger partial charge in [-0.15, -0.1) is 0 Å². The van der Waals surface area contributed by atoms with Gasteiger partial charge in [0.2, 0.25) is 5.91 Å². The zero-order chi connectivity index (χ0) is 53.6. The van der Waals surface area contributed by atoms with Crippen molar-refractivity contribution < 1.29 is 39.8 Å². The van der Waals surface area contributed by atoms with Crippen molar-refractivity contribution in [1.29, 1.82) is 0 Å². The number of hydrogen-bond acceptors (Lipinski definition) is 8. The highest BCUT2D eigenvalue weighted by molar-refractivity contribution is 5.76. The number of rotatable bonds is 47. The molecule has 0 aromatic carbocycles. The topological polar surface area (TPSA) is 149 Å². The molecule has 1 aliphatic heterocycles. The summed E-state index contributed by atoms with van der Waals surface area (Å²) in [5, 5.41) is 54.3. The van der Waals surface area contributed by atoms with Crippen LogP contribution in [-0.2, 0) is 14.3 Å². The van der Waals surface area contributed by atoms with Crippen LogP contribution in [0.3, 0.4) is 0 Å². The van der Waals surface area contributed by atoms with E-state index in [0.717, 1.165) is 122 Å². The van der Waals surface area contributed by atoms with Crippen LogP contribution in [0.25, 0.3) is 0 Å². The highest BCUT2D eigenvalue weighted by Gasteiger charge is 2.44. The first kappa shape index (κ1) is 68.1. The van der Waals surface area contributed by atoms with Crippen molar-refractivity contribution in [3.8, 4) is 0 Å². The molecular formula is C65H105NO8. The Morgan fingerprint density at radius 3 is 1.30 bits per heavy atom. The average molecular weight is 1030 g/mol. The van der Waals surface area contributed by atoms with E-state index in [1.54, 1.807) is 6.08 Å². The Hall–Kier alpha value is -3.93. The molecule has 1 rings (SSSR count). The van der Waals surface area contributed by atoms with Gasteiger partial charge in [0, 0.05) is 6.42 Å². The van der Waals surface area contributed by atoms with Gasteiger partial charge >= 0.3 is 0 Å². The average Bonchev–Trinajstić information content (AvgIpc) is 3.40. The second-order valence-corrected chi connectivity index (χ2v) is 19.3. The minimum Gasteiger partial charge on any atom is -0.394 e. The molecule has 0 spiro atoms. The smallest absolute Gasteiger partial charge is 0.220 e. The second kappa shape index (κ2) is 52.5. The molecule has 1 amide bonds. The third-order valence-electron chi connectivity index (χ3n) is 12.6. The molecule has 0 radical (unpaired) electrons. The van der Waals surface area contributed by atoms with Gasteiger partial charge < -0.3 is 40.3 Å². The quantitative estimate of drug-likeness (QED) is 0.0261. The van der Waals surface area contributed by atoms with E-state index >= 15 is 0 Å². The normalized spacial score (nSPS) is 20.1. The van der Waals surface area contributed by atoms with Crippen LogP contribution in [0.1, 0.15) is 200 Å². The molecule has 1 fully saturated rings. The Balaban J connectivity index is 2.15. The van der Waals surface area contributed by atoms with Crippen LogP contribution in [0.2, 0.25) is 0 Å². The molecule has 1 heterocycles. The summed E-state index contributed by atoms with van der Waals surface area (Å²) in [5.41, 5.74) is 0. The van der Waals surface area contributed by atoms with Gasteiger partial charge in [-0.05, 0) is 109 Å². The van der Waals surface area contributed by atoms with Gasteiger partial charge in [-0.25, -0.2) is 0 Å². The summed E-state index contributed by atoms with van der Waals surface area (Å²) >= 11 is 0. The number of carbonyl (C=O) groups is 1. The van der Waals surface area contributed by atoms with Crippen LogP contribution in [0.5, 0.6) is 0 Å². The van der Waals surface area contributed by atoms with Crippen LogP contribution >= 0.6 is 0 Å². The largest absolute Gasteiger partial charge is 0.394 e. The predicted octanol–water partition coefficient (Wildman–Crippen LogP) is 14.7. The fourth-order valence-corrected chi connectivity index (χ4v) is 8.05. The Morgan fingerprint density at radius 2 is 0.851 bits per heavy atom. The van der Waals surface area contributed by atoms with E-state index in [-0.39, 0.29) is 12.5 Å². The van der Waals surface area contributed by atoms with Crippen molar-refractivity contribution in [1.82, 2.24) is 5.32 Å². The van der Waals surface area contributed by atoms with Gasteiger partial charge in [-0.3, -0.25) is 4.79 Å². The molecule has 0 bridgehead atoms. The summed E-state index contributed by atoms with van der Waals surface area (Å²) in [5.74, 6) is -0.203. The van der Waals surface area contributed by atoms with Gasteiger partial charge in [-0.1, -0.05) is 230 Å². The van der Waals surface area contributed by atoms with Gasteiger partial charge in [0.15, 0.2) is 6.29 Å². The van der Waals surface area contributed by atoms with Crippen molar-refractivity contribution in [2.75, 3.05) is 13.2 Å². The maximum absolute atomic E-state index is 13.0. The summed E-state index contributed by atoms with van der Waals surface area (Å²) in [6.45, 7) is 3.56. The number of unbranched alkanes of at least 4 members (excludes halogenated alkanes) is 15. The van der Waals surface area contributed by atoms with Crippen LogP contribution in [0.4, 0.5) is 0 Å².